The number of halogens is 2. The Balaban J connectivity index is 2.34. The Kier molecular flexibility index (Phi) is 3.07. The summed E-state index contributed by atoms with van der Waals surface area (Å²) in [6.45, 7) is 1.97. The number of hydrogen-bond donors (Lipinski definition) is 0. The van der Waals surface area contributed by atoms with E-state index in [-0.39, 0.29) is 0 Å². The van der Waals surface area contributed by atoms with Gasteiger partial charge in [-0.05, 0) is 22.9 Å². The number of benzene rings is 1. The Morgan fingerprint density at radius 3 is 2.53 bits per heavy atom. The van der Waals surface area contributed by atoms with Gasteiger partial charge in [0.15, 0.2) is 5.82 Å². The number of aromatic nitrogens is 3. The lowest BCUT2D eigenvalue weighted by Crippen LogP contribution is -1.96. The van der Waals surface area contributed by atoms with Crippen molar-refractivity contribution in [3.05, 3.63) is 45.7 Å². The fourth-order valence-electron chi connectivity index (χ4n) is 2.12. The molecule has 96 valence electrons. The average molecular weight is 337 g/mol. The summed E-state index contributed by atoms with van der Waals surface area (Å²) in [5, 5.41) is 1.60. The topological polar surface area (TPSA) is 30.7 Å². The van der Waals surface area contributed by atoms with E-state index in [0.29, 0.717) is 5.15 Å². The van der Waals surface area contributed by atoms with Crippen LogP contribution in [0.4, 0.5) is 0 Å². The quantitative estimate of drug-likeness (QED) is 0.661. The summed E-state index contributed by atoms with van der Waals surface area (Å²) in [5.74, 6) is 0.718. The van der Waals surface area contributed by atoms with Crippen LogP contribution in [0.5, 0.6) is 0 Å². The summed E-state index contributed by atoms with van der Waals surface area (Å²) in [7, 11) is 1.90. The lowest BCUT2D eigenvalue weighted by atomic mass is 10.2. The van der Waals surface area contributed by atoms with E-state index in [0.717, 1.165) is 32.6 Å². The maximum Gasteiger partial charge on any atom is 0.161 e. The molecule has 0 aliphatic heterocycles. The first kappa shape index (κ1) is 12.6. The van der Waals surface area contributed by atoms with Gasteiger partial charge in [-0.15, -0.1) is 0 Å². The molecule has 1 aromatic carbocycles. The van der Waals surface area contributed by atoms with Crippen molar-refractivity contribution >= 4 is 38.6 Å². The van der Waals surface area contributed by atoms with E-state index in [1.165, 1.54) is 0 Å². The van der Waals surface area contributed by atoms with E-state index in [1.807, 2.05) is 48.9 Å². The van der Waals surface area contributed by atoms with Crippen molar-refractivity contribution in [3.63, 3.8) is 0 Å². The molecule has 2 heterocycles. The summed E-state index contributed by atoms with van der Waals surface area (Å²) in [6, 6.07) is 9.93. The second-order valence-electron chi connectivity index (χ2n) is 4.36. The molecule has 3 aromatic rings. The van der Waals surface area contributed by atoms with Gasteiger partial charge in [-0.3, -0.25) is 0 Å². The summed E-state index contributed by atoms with van der Waals surface area (Å²) in [5.41, 5.74) is 2.75. The predicted octanol–water partition coefficient (Wildman–Crippen LogP) is 4.36. The molecule has 0 atom stereocenters. The zero-order valence-corrected chi connectivity index (χ0v) is 12.8. The molecule has 0 aliphatic rings. The van der Waals surface area contributed by atoms with Gasteiger partial charge >= 0.3 is 0 Å². The second-order valence-corrected chi connectivity index (χ2v) is 5.51. The van der Waals surface area contributed by atoms with E-state index in [4.69, 9.17) is 11.6 Å². The summed E-state index contributed by atoms with van der Waals surface area (Å²) in [6.07, 6.45) is 0. The predicted molar refractivity (Wildman–Crippen MR) is 81.4 cm³/mol. The summed E-state index contributed by atoms with van der Waals surface area (Å²) in [4.78, 5) is 9.20. The Morgan fingerprint density at radius 1 is 1.16 bits per heavy atom. The SMILES string of the molecule is Cc1nc(-c2ccccc2)nc2c1c(Br)c(Cl)n2C. The van der Waals surface area contributed by atoms with Gasteiger partial charge in [0.05, 0.1) is 15.6 Å². The Bertz CT molecular complexity index is 765. The lowest BCUT2D eigenvalue weighted by Gasteiger charge is -2.04. The van der Waals surface area contributed by atoms with Crippen LogP contribution in [0.3, 0.4) is 0 Å². The van der Waals surface area contributed by atoms with Gasteiger partial charge < -0.3 is 4.57 Å². The van der Waals surface area contributed by atoms with Gasteiger partial charge in [0.25, 0.3) is 0 Å². The number of aryl methyl sites for hydroxylation is 2. The maximum atomic E-state index is 6.24. The second kappa shape index (κ2) is 4.62. The molecule has 0 unspecified atom stereocenters. The molecule has 19 heavy (non-hydrogen) atoms. The van der Waals surface area contributed by atoms with Crippen molar-refractivity contribution < 1.29 is 0 Å². The summed E-state index contributed by atoms with van der Waals surface area (Å²) >= 11 is 9.74. The van der Waals surface area contributed by atoms with Gasteiger partial charge in [0.1, 0.15) is 10.8 Å². The van der Waals surface area contributed by atoms with E-state index in [2.05, 4.69) is 25.9 Å². The first-order chi connectivity index (χ1) is 9.09. The smallest absolute Gasteiger partial charge is 0.161 e. The standard InChI is InChI=1S/C14H11BrClN3/c1-8-10-11(15)12(16)19(2)14(10)18-13(17-8)9-6-4-3-5-7-9/h3-7H,1-2H3. The minimum atomic E-state index is 0.637. The van der Waals surface area contributed by atoms with Crippen LogP contribution >= 0.6 is 27.5 Å². The third-order valence-electron chi connectivity index (χ3n) is 3.12. The largest absolute Gasteiger partial charge is 0.318 e. The highest BCUT2D eigenvalue weighted by molar-refractivity contribution is 9.10. The number of fused-ring (bicyclic) bond motifs is 1. The van der Waals surface area contributed by atoms with E-state index in [9.17, 15) is 0 Å². The van der Waals surface area contributed by atoms with Crippen LogP contribution in [0, 0.1) is 6.92 Å². The molecule has 0 bridgehead atoms. The van der Waals surface area contributed by atoms with E-state index < -0.39 is 0 Å². The van der Waals surface area contributed by atoms with Crippen LogP contribution in [-0.2, 0) is 7.05 Å². The lowest BCUT2D eigenvalue weighted by molar-refractivity contribution is 0.942. The molecule has 0 radical (unpaired) electrons. The highest BCUT2D eigenvalue weighted by Gasteiger charge is 2.17. The molecule has 0 saturated carbocycles. The van der Waals surface area contributed by atoms with Crippen LogP contribution in [-0.4, -0.2) is 14.5 Å². The first-order valence-corrected chi connectivity index (χ1v) is 7.00. The van der Waals surface area contributed by atoms with Crippen molar-refractivity contribution in [2.24, 2.45) is 7.05 Å². The Hall–Kier alpha value is -1.39. The third kappa shape index (κ3) is 1.95. The molecule has 5 heteroatoms. The van der Waals surface area contributed by atoms with Gasteiger partial charge in [-0.25, -0.2) is 9.97 Å². The van der Waals surface area contributed by atoms with Crippen molar-refractivity contribution in [3.8, 4) is 11.4 Å². The average Bonchev–Trinajstić information content (AvgIpc) is 2.65. The molecule has 0 saturated heterocycles. The van der Waals surface area contributed by atoms with Gasteiger partial charge in [0.2, 0.25) is 0 Å². The molecule has 2 aromatic heterocycles. The molecule has 0 amide bonds. The molecule has 0 fully saturated rings. The first-order valence-electron chi connectivity index (χ1n) is 5.83. The van der Waals surface area contributed by atoms with E-state index >= 15 is 0 Å². The third-order valence-corrected chi connectivity index (χ3v) is 4.56. The number of rotatable bonds is 1. The minimum absolute atomic E-state index is 0.637. The monoisotopic (exact) mass is 335 g/mol. The van der Waals surface area contributed by atoms with Crippen molar-refractivity contribution in [1.82, 2.24) is 14.5 Å². The fourth-order valence-corrected chi connectivity index (χ4v) is 3.02. The van der Waals surface area contributed by atoms with Crippen LogP contribution in [0.2, 0.25) is 5.15 Å². The van der Waals surface area contributed by atoms with E-state index in [1.54, 1.807) is 0 Å². The van der Waals surface area contributed by atoms with Gasteiger partial charge in [0, 0.05) is 12.6 Å². The molecule has 0 spiro atoms. The van der Waals surface area contributed by atoms with Crippen molar-refractivity contribution in [2.45, 2.75) is 6.92 Å². The molecular weight excluding hydrogens is 326 g/mol. The number of nitrogens with zero attached hydrogens (tertiary/aromatic N) is 3. The Labute approximate surface area is 124 Å². The highest BCUT2D eigenvalue weighted by Crippen LogP contribution is 2.35. The van der Waals surface area contributed by atoms with Crippen LogP contribution in [0.15, 0.2) is 34.8 Å². The minimum Gasteiger partial charge on any atom is -0.318 e. The zero-order valence-electron chi connectivity index (χ0n) is 10.5. The molecule has 0 N–H and O–H groups in total. The van der Waals surface area contributed by atoms with Crippen molar-refractivity contribution in [2.75, 3.05) is 0 Å². The van der Waals surface area contributed by atoms with Crippen molar-refractivity contribution in [1.29, 1.82) is 0 Å². The van der Waals surface area contributed by atoms with Gasteiger partial charge in [-0.2, -0.15) is 0 Å². The maximum absolute atomic E-state index is 6.24. The fraction of sp³-hybridized carbons (Fsp3) is 0.143. The number of hydrogen-bond acceptors (Lipinski definition) is 2. The highest BCUT2D eigenvalue weighted by atomic mass is 79.9. The Morgan fingerprint density at radius 2 is 1.84 bits per heavy atom. The van der Waals surface area contributed by atoms with Crippen LogP contribution in [0.1, 0.15) is 5.69 Å². The normalized spacial score (nSPS) is 11.2. The van der Waals surface area contributed by atoms with Gasteiger partial charge in [-0.1, -0.05) is 41.9 Å². The van der Waals surface area contributed by atoms with Crippen LogP contribution < -0.4 is 0 Å². The zero-order chi connectivity index (χ0) is 13.6. The molecule has 0 aliphatic carbocycles. The summed E-state index contributed by atoms with van der Waals surface area (Å²) < 4.78 is 2.71. The van der Waals surface area contributed by atoms with Crippen LogP contribution in [0.25, 0.3) is 22.4 Å². The molecular formula is C14H11BrClN3. The molecule has 3 rings (SSSR count). The molecule has 3 nitrogen and oxygen atoms in total.